The summed E-state index contributed by atoms with van der Waals surface area (Å²) in [5.74, 6) is 0. The Labute approximate surface area is 451 Å². The Morgan fingerprint density at radius 1 is 0.373 bits per heavy atom. The first-order valence-corrected chi connectivity index (χ1v) is 28.8. The Balaban J connectivity index is 1.14. The fraction of sp³-hybridized carbons (Fsp3) is 0.417. The van der Waals surface area contributed by atoms with Crippen LogP contribution in [-0.4, -0.2) is 7.28 Å². The molecule has 1 aliphatic heterocycles. The second kappa shape index (κ2) is 15.4. The summed E-state index contributed by atoms with van der Waals surface area (Å²) in [6, 6.07) is 46.7. The van der Waals surface area contributed by atoms with Gasteiger partial charge in [-0.15, -0.1) is 0 Å². The van der Waals surface area contributed by atoms with Gasteiger partial charge in [-0.2, -0.15) is 0 Å². The van der Waals surface area contributed by atoms with E-state index in [1.807, 2.05) is 0 Å². The van der Waals surface area contributed by atoms with Gasteiger partial charge in [0.25, 0.3) is 0 Å². The number of hydrogen-bond acceptors (Lipinski definition) is 2. The lowest BCUT2D eigenvalue weighted by Gasteiger charge is -2.45. The number of rotatable bonds is 4. The van der Waals surface area contributed by atoms with Gasteiger partial charge < -0.3 is 10.2 Å². The Morgan fingerprint density at radius 2 is 0.853 bits per heavy atom. The van der Waals surface area contributed by atoms with Crippen molar-refractivity contribution in [1.29, 1.82) is 0 Å². The van der Waals surface area contributed by atoms with Crippen LogP contribution in [0.5, 0.6) is 0 Å². The molecule has 3 heteroatoms. The predicted molar refractivity (Wildman–Crippen MR) is 324 cm³/mol. The minimum Gasteiger partial charge on any atom is -0.355 e. The molecule has 1 N–H and O–H groups in total. The zero-order valence-electron chi connectivity index (χ0n) is 48.4. The summed E-state index contributed by atoms with van der Waals surface area (Å²) in [5.41, 5.74) is 32.0. The number of benzene rings is 7. The number of nitrogens with zero attached hydrogens (tertiary/aromatic N) is 1. The first-order valence-electron chi connectivity index (χ1n) is 28.8. The molecule has 2 nitrogen and oxygen atoms in total. The van der Waals surface area contributed by atoms with Crippen LogP contribution < -0.4 is 21.1 Å². The number of fused-ring (bicyclic) bond motifs is 12. The number of anilines is 5. The van der Waals surface area contributed by atoms with Crippen molar-refractivity contribution < 1.29 is 0 Å². The third kappa shape index (κ3) is 6.96. The highest BCUT2D eigenvalue weighted by Crippen LogP contribution is 2.59. The smallest absolute Gasteiger partial charge is 0.198 e. The standard InChI is InChI=1S/C72H81BN2/c1-65(2)29-31-67(5,6)54-35-42(25-27-51(54)65)74-60-39-46-44-21-17-19-23-49(44)71(13,14)53(46)37-47(60)48-38-58-62(45-22-18-20-24-50(45)72(58,15)16)64-63(48)73-59-40-56-57(70(11,12)34-33-69(56,9)10)41-61(59)75(64)43-26-28-52-55(36-43)68(7,8)32-30-66(52,3)4/h17-28,35-41,73-74H,29-34H2,1-16H3. The van der Waals surface area contributed by atoms with Crippen molar-refractivity contribution in [2.75, 3.05) is 10.2 Å². The summed E-state index contributed by atoms with van der Waals surface area (Å²) in [4.78, 5) is 2.79. The Kier molecular flexibility index (Phi) is 10.1. The molecule has 6 aliphatic rings. The summed E-state index contributed by atoms with van der Waals surface area (Å²) in [6.07, 6.45) is 7.12. The number of hydrogen-bond donors (Lipinski definition) is 1. The van der Waals surface area contributed by atoms with Gasteiger partial charge in [0.1, 0.15) is 0 Å². The fourth-order valence-electron chi connectivity index (χ4n) is 15.7. The maximum absolute atomic E-state index is 4.25. The van der Waals surface area contributed by atoms with Crippen molar-refractivity contribution in [3.05, 3.63) is 171 Å². The molecule has 0 spiro atoms. The molecule has 0 fully saturated rings. The van der Waals surface area contributed by atoms with E-state index in [-0.39, 0.29) is 43.3 Å². The minimum atomic E-state index is -0.234. The van der Waals surface area contributed by atoms with Crippen molar-refractivity contribution in [1.82, 2.24) is 0 Å². The van der Waals surface area contributed by atoms with Gasteiger partial charge in [0.05, 0.1) is 0 Å². The van der Waals surface area contributed by atoms with Crippen LogP contribution in [0.4, 0.5) is 28.4 Å². The molecule has 7 aromatic rings. The highest BCUT2D eigenvalue weighted by Gasteiger charge is 2.46. The topological polar surface area (TPSA) is 15.3 Å². The van der Waals surface area contributed by atoms with Crippen LogP contribution in [0.15, 0.2) is 115 Å². The molecule has 0 radical (unpaired) electrons. The molecule has 7 aromatic carbocycles. The van der Waals surface area contributed by atoms with Crippen LogP contribution in [0.2, 0.25) is 0 Å². The highest BCUT2D eigenvalue weighted by molar-refractivity contribution is 6.73. The van der Waals surface area contributed by atoms with E-state index in [0.717, 1.165) is 13.0 Å². The third-order valence-corrected chi connectivity index (χ3v) is 21.1. The molecule has 382 valence electrons. The Morgan fingerprint density at radius 3 is 1.47 bits per heavy atom. The summed E-state index contributed by atoms with van der Waals surface area (Å²) >= 11 is 0. The molecule has 0 aromatic heterocycles. The van der Waals surface area contributed by atoms with E-state index in [0.29, 0.717) is 0 Å². The van der Waals surface area contributed by atoms with Gasteiger partial charge in [0, 0.05) is 50.4 Å². The largest absolute Gasteiger partial charge is 0.355 e. The molecule has 0 atom stereocenters. The van der Waals surface area contributed by atoms with Crippen molar-refractivity contribution >= 4 is 46.6 Å². The summed E-state index contributed by atoms with van der Waals surface area (Å²) < 4.78 is 0. The molecule has 13 rings (SSSR count). The van der Waals surface area contributed by atoms with Gasteiger partial charge in [-0.05, 0) is 203 Å². The minimum absolute atomic E-state index is 0.0551. The molecule has 0 saturated carbocycles. The highest BCUT2D eigenvalue weighted by atomic mass is 15.2. The van der Waals surface area contributed by atoms with Crippen LogP contribution in [0.25, 0.3) is 33.4 Å². The van der Waals surface area contributed by atoms with Crippen LogP contribution in [0.3, 0.4) is 0 Å². The molecule has 0 unspecified atom stereocenters. The van der Waals surface area contributed by atoms with Crippen LogP contribution >= 0.6 is 0 Å². The fourth-order valence-corrected chi connectivity index (χ4v) is 15.7. The molecule has 0 bridgehead atoms. The van der Waals surface area contributed by atoms with Crippen LogP contribution in [0, 0.1) is 0 Å². The quantitative estimate of drug-likeness (QED) is 0.177. The van der Waals surface area contributed by atoms with E-state index in [9.17, 15) is 0 Å². The summed E-state index contributed by atoms with van der Waals surface area (Å²) in [6.45, 7) is 39.6. The first-order chi connectivity index (χ1) is 35.1. The zero-order valence-corrected chi connectivity index (χ0v) is 48.4. The summed E-state index contributed by atoms with van der Waals surface area (Å²) in [7, 11) is 0.849. The van der Waals surface area contributed by atoms with Crippen LogP contribution in [0.1, 0.15) is 205 Å². The Hall–Kier alpha value is -5.80. The third-order valence-electron chi connectivity index (χ3n) is 21.1. The van der Waals surface area contributed by atoms with Crippen LogP contribution in [-0.2, 0) is 43.3 Å². The second-order valence-corrected chi connectivity index (χ2v) is 29.4. The molecule has 1 heterocycles. The Bertz CT molecular complexity index is 3620. The van der Waals surface area contributed by atoms with E-state index in [4.69, 9.17) is 0 Å². The maximum Gasteiger partial charge on any atom is 0.198 e. The van der Waals surface area contributed by atoms with E-state index in [1.54, 1.807) is 0 Å². The molecule has 75 heavy (non-hydrogen) atoms. The van der Waals surface area contributed by atoms with Crippen molar-refractivity contribution in [2.45, 2.75) is 193 Å². The summed E-state index contributed by atoms with van der Waals surface area (Å²) in [5, 5.41) is 4.25. The average Bonchev–Trinajstić information content (AvgIpc) is 3.79. The lowest BCUT2D eigenvalue weighted by atomic mass is 9.54. The predicted octanol–water partition coefficient (Wildman–Crippen LogP) is 17.9. The van der Waals surface area contributed by atoms with Gasteiger partial charge in [-0.1, -0.05) is 183 Å². The molecule has 5 aliphatic carbocycles. The van der Waals surface area contributed by atoms with Gasteiger partial charge in [0.15, 0.2) is 7.28 Å². The van der Waals surface area contributed by atoms with E-state index >= 15 is 0 Å². The van der Waals surface area contributed by atoms with Gasteiger partial charge in [-0.25, -0.2) is 0 Å². The SMILES string of the molecule is CC1(C)CCC(C)(C)c2cc(Nc3cc4c(cc3-c3cc5c(c6c3Bc3cc7c(cc3N6c3ccc6c(c3)C(C)(C)CCC6(C)C)C(C)(C)CCC7(C)C)-c3ccccc3C5(C)C)C(C)(C)c3ccccc3-4)ccc21. The zero-order chi connectivity index (χ0) is 52.9. The molecule has 0 saturated heterocycles. The molecule has 0 amide bonds. The first kappa shape index (κ1) is 48.8. The van der Waals surface area contributed by atoms with Gasteiger partial charge >= 0.3 is 0 Å². The molecular formula is C72H81BN2. The van der Waals surface area contributed by atoms with E-state index in [1.165, 1.54) is 161 Å². The van der Waals surface area contributed by atoms with E-state index in [2.05, 4.69) is 236 Å². The van der Waals surface area contributed by atoms with E-state index < -0.39 is 0 Å². The monoisotopic (exact) mass is 985 g/mol. The number of nitrogens with one attached hydrogen (secondary N) is 1. The van der Waals surface area contributed by atoms with Crippen molar-refractivity contribution in [2.24, 2.45) is 0 Å². The van der Waals surface area contributed by atoms with Crippen molar-refractivity contribution in [3.8, 4) is 33.4 Å². The van der Waals surface area contributed by atoms with Gasteiger partial charge in [0.2, 0.25) is 0 Å². The molecular weight excluding hydrogens is 904 g/mol. The maximum atomic E-state index is 4.25. The average molecular weight is 985 g/mol. The lowest BCUT2D eigenvalue weighted by Crippen LogP contribution is -2.44. The lowest BCUT2D eigenvalue weighted by molar-refractivity contribution is 0.332. The second-order valence-electron chi connectivity index (χ2n) is 29.4. The van der Waals surface area contributed by atoms with Gasteiger partial charge in [-0.3, -0.25) is 0 Å². The van der Waals surface area contributed by atoms with Crippen molar-refractivity contribution in [3.63, 3.8) is 0 Å². The normalized spacial score (nSPS) is 21.1.